The highest BCUT2D eigenvalue weighted by Gasteiger charge is 2.38. The molecular weight excluding hydrogens is 514 g/mol. The van der Waals surface area contributed by atoms with Crippen LogP contribution in [0.3, 0.4) is 0 Å². The van der Waals surface area contributed by atoms with Crippen molar-refractivity contribution in [1.29, 1.82) is 0 Å². The second-order valence-corrected chi connectivity index (χ2v) is 9.70. The molecule has 0 saturated carbocycles. The van der Waals surface area contributed by atoms with Gasteiger partial charge in [0.15, 0.2) is 0 Å². The lowest BCUT2D eigenvalue weighted by molar-refractivity contribution is -0.192. The van der Waals surface area contributed by atoms with Crippen molar-refractivity contribution in [2.24, 2.45) is 0 Å². The molecule has 2 N–H and O–H groups in total. The monoisotopic (exact) mass is 541 g/mol. The largest absolute Gasteiger partial charge is 0.490 e. The molecule has 0 atom stereocenters. The molecule has 194 valence electrons. The second kappa shape index (κ2) is 12.1. The number of halogens is 5. The Bertz CT molecular complexity index is 1120. The number of aromatic nitrogens is 2. The number of carboxylic acid groups (broad SMARTS) is 1. The van der Waals surface area contributed by atoms with Crippen molar-refractivity contribution in [3.05, 3.63) is 75.9 Å². The smallest absolute Gasteiger partial charge is 0.475 e. The molecule has 0 aliphatic carbocycles. The summed E-state index contributed by atoms with van der Waals surface area (Å²) in [5.74, 6) is -2.76. The van der Waals surface area contributed by atoms with Gasteiger partial charge in [0, 0.05) is 33.3 Å². The molecule has 0 unspecified atom stereocenters. The van der Waals surface area contributed by atoms with E-state index in [1.165, 1.54) is 11.3 Å². The number of carbonyl (C=O) groups is 1. The summed E-state index contributed by atoms with van der Waals surface area (Å²) >= 11 is 12.0. The maximum Gasteiger partial charge on any atom is 0.490 e. The van der Waals surface area contributed by atoms with E-state index in [0.29, 0.717) is 0 Å². The molecule has 1 aliphatic heterocycles. The minimum Gasteiger partial charge on any atom is -0.475 e. The normalized spacial score (nSPS) is 15.7. The molecule has 1 fully saturated rings. The quantitative estimate of drug-likeness (QED) is 0.352. The van der Waals surface area contributed by atoms with Crippen molar-refractivity contribution >= 4 is 29.2 Å². The number of nitrogens with zero attached hydrogens (tertiary/aromatic N) is 2. The first-order chi connectivity index (χ1) is 17.0. The highest BCUT2D eigenvalue weighted by Crippen LogP contribution is 2.39. The molecule has 36 heavy (non-hydrogen) atoms. The summed E-state index contributed by atoms with van der Waals surface area (Å²) in [7, 11) is 0. The Morgan fingerprint density at radius 2 is 1.58 bits per heavy atom. The molecule has 4 rings (SSSR count). The Hall–Kier alpha value is -2.55. The van der Waals surface area contributed by atoms with Gasteiger partial charge in [-0.05, 0) is 74.7 Å². The van der Waals surface area contributed by atoms with E-state index >= 15 is 0 Å². The zero-order valence-corrected chi connectivity index (χ0v) is 21.3. The molecule has 0 bridgehead atoms. The summed E-state index contributed by atoms with van der Waals surface area (Å²) in [6, 6.07) is 18.3. The number of benzene rings is 2. The van der Waals surface area contributed by atoms with E-state index < -0.39 is 12.1 Å². The molecule has 1 saturated heterocycles. The number of H-pyrrole nitrogens is 1. The summed E-state index contributed by atoms with van der Waals surface area (Å²) in [5.41, 5.74) is 4.90. The number of hydrogen-bond donors (Lipinski definition) is 2. The van der Waals surface area contributed by atoms with E-state index in [9.17, 15) is 13.2 Å². The molecule has 3 aromatic rings. The van der Waals surface area contributed by atoms with Crippen LogP contribution in [0.25, 0.3) is 11.3 Å². The molecule has 0 spiro atoms. The Labute approximate surface area is 218 Å². The number of aromatic amines is 1. The standard InChI is InChI=1S/C24H27Cl2N3.C2HF3O2/c1-2-24(23-17-22(27-28-23)19-5-9-21(26)10-6-19)12-15-29(16-13-24)14-11-18-3-7-20(25)8-4-18;3-2(4,5)1(6)7/h3-10,17H,2,11-16H2,1H3,(H,27,28);(H,6,7). The van der Waals surface area contributed by atoms with Gasteiger partial charge in [0.05, 0.1) is 5.69 Å². The van der Waals surface area contributed by atoms with Crippen molar-refractivity contribution in [3.63, 3.8) is 0 Å². The Kier molecular flexibility index (Phi) is 9.44. The lowest BCUT2D eigenvalue weighted by Gasteiger charge is -2.40. The van der Waals surface area contributed by atoms with Crippen LogP contribution in [-0.4, -0.2) is 52.0 Å². The van der Waals surface area contributed by atoms with E-state index in [0.717, 1.165) is 66.6 Å². The molecule has 2 aromatic carbocycles. The van der Waals surface area contributed by atoms with Crippen LogP contribution in [0.5, 0.6) is 0 Å². The summed E-state index contributed by atoms with van der Waals surface area (Å²) in [6.07, 6.45) is -0.569. The van der Waals surface area contributed by atoms with E-state index in [-0.39, 0.29) is 5.41 Å². The minimum atomic E-state index is -5.08. The number of hydrogen-bond acceptors (Lipinski definition) is 3. The number of alkyl halides is 3. The summed E-state index contributed by atoms with van der Waals surface area (Å²) in [6.45, 7) is 5.64. The molecule has 0 radical (unpaired) electrons. The first-order valence-corrected chi connectivity index (χ1v) is 12.4. The van der Waals surface area contributed by atoms with Gasteiger partial charge >= 0.3 is 12.1 Å². The average molecular weight is 542 g/mol. The molecule has 1 aliphatic rings. The third kappa shape index (κ3) is 7.48. The lowest BCUT2D eigenvalue weighted by atomic mass is 9.73. The van der Waals surface area contributed by atoms with Gasteiger partial charge in [-0.15, -0.1) is 0 Å². The zero-order valence-electron chi connectivity index (χ0n) is 19.8. The van der Waals surface area contributed by atoms with Crippen LogP contribution in [0.15, 0.2) is 54.6 Å². The van der Waals surface area contributed by atoms with Crippen LogP contribution in [-0.2, 0) is 16.6 Å². The van der Waals surface area contributed by atoms with Gasteiger partial charge in [0.25, 0.3) is 0 Å². The van der Waals surface area contributed by atoms with Gasteiger partial charge in [-0.2, -0.15) is 18.3 Å². The fourth-order valence-electron chi connectivity index (χ4n) is 4.32. The first-order valence-electron chi connectivity index (χ1n) is 11.6. The van der Waals surface area contributed by atoms with Crippen LogP contribution in [0, 0.1) is 0 Å². The maximum atomic E-state index is 10.6. The fraction of sp³-hybridized carbons (Fsp3) is 0.385. The Balaban J connectivity index is 0.000000454. The molecule has 0 amide bonds. The van der Waals surface area contributed by atoms with Crippen molar-refractivity contribution < 1.29 is 23.1 Å². The second-order valence-electron chi connectivity index (χ2n) is 8.83. The van der Waals surface area contributed by atoms with E-state index in [4.69, 9.17) is 33.1 Å². The Morgan fingerprint density at radius 3 is 2.08 bits per heavy atom. The Morgan fingerprint density at radius 1 is 1.06 bits per heavy atom. The molecule has 5 nitrogen and oxygen atoms in total. The van der Waals surface area contributed by atoms with Crippen LogP contribution < -0.4 is 0 Å². The summed E-state index contributed by atoms with van der Waals surface area (Å²) in [4.78, 5) is 11.5. The highest BCUT2D eigenvalue weighted by molar-refractivity contribution is 6.30. The lowest BCUT2D eigenvalue weighted by Crippen LogP contribution is -2.43. The molecule has 2 heterocycles. The van der Waals surface area contributed by atoms with Gasteiger partial charge in [0.2, 0.25) is 0 Å². The van der Waals surface area contributed by atoms with Gasteiger partial charge in [0.1, 0.15) is 0 Å². The molecule has 1 aromatic heterocycles. The molecule has 10 heteroatoms. The van der Waals surface area contributed by atoms with Gasteiger partial charge in [-0.3, -0.25) is 5.10 Å². The predicted molar refractivity (Wildman–Crippen MR) is 136 cm³/mol. The average Bonchev–Trinajstić information content (AvgIpc) is 3.35. The number of piperidine rings is 1. The molecular formula is C26H28Cl2F3N3O2. The van der Waals surface area contributed by atoms with Gasteiger partial charge in [-0.1, -0.05) is 54.4 Å². The SMILES string of the molecule is CCC1(c2cc(-c3ccc(Cl)cc3)n[nH]2)CCN(CCc2ccc(Cl)cc2)CC1.O=C(O)C(F)(F)F. The van der Waals surface area contributed by atoms with Gasteiger partial charge < -0.3 is 10.0 Å². The van der Waals surface area contributed by atoms with E-state index in [2.05, 4.69) is 40.2 Å². The highest BCUT2D eigenvalue weighted by atomic mass is 35.5. The van der Waals surface area contributed by atoms with Crippen LogP contribution in [0.2, 0.25) is 10.0 Å². The van der Waals surface area contributed by atoms with Crippen molar-refractivity contribution in [3.8, 4) is 11.3 Å². The number of rotatable bonds is 6. The van der Waals surface area contributed by atoms with Crippen LogP contribution in [0.1, 0.15) is 37.4 Å². The first kappa shape index (κ1) is 28.0. The van der Waals surface area contributed by atoms with Crippen LogP contribution >= 0.6 is 23.2 Å². The zero-order chi connectivity index (χ0) is 26.3. The maximum absolute atomic E-state index is 10.6. The fourth-order valence-corrected chi connectivity index (χ4v) is 4.57. The van der Waals surface area contributed by atoms with E-state index in [1.807, 2.05) is 36.4 Å². The number of aliphatic carboxylic acids is 1. The number of likely N-dealkylation sites (tertiary alicyclic amines) is 1. The summed E-state index contributed by atoms with van der Waals surface area (Å²) < 4.78 is 31.7. The van der Waals surface area contributed by atoms with E-state index in [1.54, 1.807) is 0 Å². The third-order valence-electron chi connectivity index (χ3n) is 6.65. The predicted octanol–water partition coefficient (Wildman–Crippen LogP) is 7.00. The number of nitrogens with one attached hydrogen (secondary N) is 1. The van der Waals surface area contributed by atoms with Crippen molar-refractivity contribution in [2.75, 3.05) is 19.6 Å². The minimum absolute atomic E-state index is 0.189. The van der Waals surface area contributed by atoms with Crippen molar-refractivity contribution in [1.82, 2.24) is 15.1 Å². The van der Waals surface area contributed by atoms with Crippen LogP contribution in [0.4, 0.5) is 13.2 Å². The summed E-state index contributed by atoms with van der Waals surface area (Å²) in [5, 5.41) is 16.6. The third-order valence-corrected chi connectivity index (χ3v) is 7.16. The van der Waals surface area contributed by atoms with Crippen molar-refractivity contribution in [2.45, 2.75) is 44.2 Å². The van der Waals surface area contributed by atoms with Gasteiger partial charge in [-0.25, -0.2) is 4.79 Å². The topological polar surface area (TPSA) is 69.2 Å². The number of carboxylic acids is 1.